The van der Waals surface area contributed by atoms with Crippen molar-refractivity contribution in [3.8, 4) is 0 Å². The Hall–Kier alpha value is -0.130. The smallest absolute Gasteiger partial charge is 0.303 e. The van der Waals surface area contributed by atoms with Crippen LogP contribution in [0.1, 0.15) is 92.9 Å². The van der Waals surface area contributed by atoms with Gasteiger partial charge in [-0.3, -0.25) is 4.79 Å². The van der Waals surface area contributed by atoms with E-state index in [2.05, 4.69) is 43.6 Å². The van der Waals surface area contributed by atoms with Gasteiger partial charge in [-0.15, -0.1) is 0 Å². The van der Waals surface area contributed by atoms with E-state index in [0.29, 0.717) is 4.83 Å². The summed E-state index contributed by atoms with van der Waals surface area (Å²) < 4.78 is 19.2. The molecule has 2 fully saturated rings. The van der Waals surface area contributed by atoms with E-state index in [-0.39, 0.29) is 29.4 Å². The summed E-state index contributed by atoms with van der Waals surface area (Å²) in [6, 6.07) is 0. The van der Waals surface area contributed by atoms with Gasteiger partial charge >= 0.3 is 5.97 Å². The monoisotopic (exact) mass is 432 g/mol. The van der Waals surface area contributed by atoms with Crippen molar-refractivity contribution in [2.75, 3.05) is 0 Å². The molecule has 2 rings (SSSR count). The van der Waals surface area contributed by atoms with E-state index in [1.807, 2.05) is 6.92 Å². The molecule has 152 valence electrons. The first kappa shape index (κ1) is 22.2. The van der Waals surface area contributed by atoms with Crippen molar-refractivity contribution < 1.29 is 19.0 Å². The number of halogens is 1. The van der Waals surface area contributed by atoms with Crippen LogP contribution in [0, 0.1) is 0 Å². The zero-order valence-corrected chi connectivity index (χ0v) is 19.0. The Morgan fingerprint density at radius 1 is 1.12 bits per heavy atom. The van der Waals surface area contributed by atoms with Crippen LogP contribution >= 0.6 is 15.9 Å². The molecule has 0 radical (unpaired) electrons. The quantitative estimate of drug-likeness (QED) is 0.324. The lowest BCUT2D eigenvalue weighted by Gasteiger charge is -2.41. The molecule has 2 aliphatic heterocycles. The highest BCUT2D eigenvalue weighted by Crippen LogP contribution is 2.46. The lowest BCUT2D eigenvalue weighted by Crippen LogP contribution is -2.49. The van der Waals surface area contributed by atoms with Gasteiger partial charge in [0.2, 0.25) is 0 Å². The molecule has 2 aliphatic rings. The van der Waals surface area contributed by atoms with E-state index in [0.717, 1.165) is 38.5 Å². The van der Waals surface area contributed by atoms with Crippen LogP contribution in [0.25, 0.3) is 0 Å². The van der Waals surface area contributed by atoms with Crippen LogP contribution in [0.5, 0.6) is 0 Å². The van der Waals surface area contributed by atoms with Crippen LogP contribution in [-0.4, -0.2) is 39.8 Å². The van der Waals surface area contributed by atoms with Gasteiger partial charge in [-0.2, -0.15) is 0 Å². The molecule has 4 nitrogen and oxygen atoms in total. The fourth-order valence-corrected chi connectivity index (χ4v) is 4.74. The minimum atomic E-state index is -0.587. The first-order valence-electron chi connectivity index (χ1n) is 10.2. The Morgan fingerprint density at radius 2 is 1.81 bits per heavy atom. The van der Waals surface area contributed by atoms with Crippen molar-refractivity contribution in [1.82, 2.24) is 0 Å². The molecule has 0 aromatic heterocycles. The average molecular weight is 433 g/mol. The van der Waals surface area contributed by atoms with Crippen LogP contribution in [0.4, 0.5) is 0 Å². The van der Waals surface area contributed by atoms with Gasteiger partial charge in [-0.1, -0.05) is 42.1 Å². The maximum absolute atomic E-state index is 11.8. The second-order valence-electron chi connectivity index (χ2n) is 9.08. The Morgan fingerprint density at radius 3 is 2.42 bits per heavy atom. The predicted octanol–water partition coefficient (Wildman–Crippen LogP) is 5.55. The van der Waals surface area contributed by atoms with Crippen LogP contribution < -0.4 is 0 Å². The van der Waals surface area contributed by atoms with Gasteiger partial charge in [0, 0.05) is 11.8 Å². The molecule has 5 heteroatoms. The van der Waals surface area contributed by atoms with Crippen molar-refractivity contribution in [2.45, 2.75) is 127 Å². The molecule has 0 amide bonds. The molecule has 0 aromatic rings. The lowest BCUT2D eigenvalue weighted by atomic mass is 9.88. The molecule has 2 heterocycles. The molecule has 26 heavy (non-hydrogen) atoms. The second kappa shape index (κ2) is 8.48. The standard InChI is InChI=1S/C21H37BrO4/c1-7-8-9-10-17-20(5,24-15(2)23)14-12-18-21(6,26-17)13-11-16(22)19(3,4)25-18/h16-18H,7-14H2,1-6H3/t16?,17?,18-,20-,21+/m1/s1. The van der Waals surface area contributed by atoms with E-state index in [1.54, 1.807) is 0 Å². The third-order valence-corrected chi connectivity index (χ3v) is 7.78. The number of alkyl halides is 1. The molecule has 2 unspecified atom stereocenters. The fraction of sp³-hybridized carbons (Fsp3) is 0.952. The van der Waals surface area contributed by atoms with Crippen LogP contribution in [0.2, 0.25) is 0 Å². The van der Waals surface area contributed by atoms with E-state index in [9.17, 15) is 4.79 Å². The highest BCUT2D eigenvalue weighted by atomic mass is 79.9. The molecule has 0 saturated carbocycles. The van der Waals surface area contributed by atoms with Gasteiger partial charge in [0.25, 0.3) is 0 Å². The summed E-state index contributed by atoms with van der Waals surface area (Å²) in [6.45, 7) is 12.2. The Kier molecular flexibility index (Phi) is 7.23. The molecular weight excluding hydrogens is 396 g/mol. The topological polar surface area (TPSA) is 44.8 Å². The van der Waals surface area contributed by atoms with E-state index >= 15 is 0 Å². The predicted molar refractivity (Wildman–Crippen MR) is 108 cm³/mol. The minimum Gasteiger partial charge on any atom is -0.457 e. The van der Waals surface area contributed by atoms with Gasteiger partial charge < -0.3 is 14.2 Å². The van der Waals surface area contributed by atoms with Crippen molar-refractivity contribution >= 4 is 21.9 Å². The van der Waals surface area contributed by atoms with Gasteiger partial charge in [0.05, 0.1) is 23.4 Å². The summed E-state index contributed by atoms with van der Waals surface area (Å²) >= 11 is 3.81. The molecule has 0 bridgehead atoms. The number of unbranched alkanes of at least 4 members (excludes halogenated alkanes) is 2. The number of rotatable bonds is 5. The first-order valence-corrected chi connectivity index (χ1v) is 11.1. The molecule has 0 N–H and O–H groups in total. The zero-order valence-electron chi connectivity index (χ0n) is 17.4. The third kappa shape index (κ3) is 5.02. The number of hydrogen-bond donors (Lipinski definition) is 0. The summed E-state index contributed by atoms with van der Waals surface area (Å²) in [4.78, 5) is 12.1. The number of carbonyl (C=O) groups excluding carboxylic acids is 1. The molecule has 0 spiro atoms. The van der Waals surface area contributed by atoms with Crippen LogP contribution in [0.3, 0.4) is 0 Å². The maximum Gasteiger partial charge on any atom is 0.303 e. The minimum absolute atomic E-state index is 0.00566. The highest BCUT2D eigenvalue weighted by Gasteiger charge is 2.52. The van der Waals surface area contributed by atoms with E-state index in [1.165, 1.54) is 19.8 Å². The van der Waals surface area contributed by atoms with Crippen LogP contribution in [-0.2, 0) is 19.0 Å². The Balaban J connectivity index is 2.28. The third-order valence-electron chi connectivity index (χ3n) is 6.22. The molecular formula is C21H37BrO4. The van der Waals surface area contributed by atoms with Crippen molar-refractivity contribution in [3.63, 3.8) is 0 Å². The van der Waals surface area contributed by atoms with Gasteiger partial charge in [-0.25, -0.2) is 0 Å². The van der Waals surface area contributed by atoms with Crippen molar-refractivity contribution in [3.05, 3.63) is 0 Å². The van der Waals surface area contributed by atoms with Gasteiger partial charge in [-0.05, 0) is 59.8 Å². The summed E-state index contributed by atoms with van der Waals surface area (Å²) in [6.07, 6.45) is 7.82. The maximum atomic E-state index is 11.8. The SMILES string of the molecule is CCCCCC1O[C@@]2(C)CCC(Br)C(C)(C)O[C@@H]2CC[C@@]1(C)OC(C)=O. The second-order valence-corrected chi connectivity index (χ2v) is 10.2. The summed E-state index contributed by atoms with van der Waals surface area (Å²) in [5.41, 5.74) is -1.18. The van der Waals surface area contributed by atoms with Crippen molar-refractivity contribution in [2.24, 2.45) is 0 Å². The Bertz CT molecular complexity index is 494. The number of carbonyl (C=O) groups is 1. The van der Waals surface area contributed by atoms with Crippen LogP contribution in [0.15, 0.2) is 0 Å². The highest BCUT2D eigenvalue weighted by molar-refractivity contribution is 9.09. The fourth-order valence-electron chi connectivity index (χ4n) is 4.40. The average Bonchev–Trinajstić information content (AvgIpc) is 2.68. The number of ether oxygens (including phenoxy) is 3. The van der Waals surface area contributed by atoms with E-state index < -0.39 is 5.60 Å². The lowest BCUT2D eigenvalue weighted by molar-refractivity contribution is -0.210. The zero-order chi connectivity index (χ0) is 19.6. The van der Waals surface area contributed by atoms with E-state index in [4.69, 9.17) is 14.2 Å². The van der Waals surface area contributed by atoms with Crippen molar-refractivity contribution in [1.29, 1.82) is 0 Å². The number of hydrogen-bond acceptors (Lipinski definition) is 4. The summed E-state index contributed by atoms with van der Waals surface area (Å²) in [5.74, 6) is -0.231. The molecule has 5 atom stereocenters. The first-order chi connectivity index (χ1) is 12.0. The normalized spacial score (nSPS) is 40.2. The van der Waals surface area contributed by atoms with Gasteiger partial charge in [0.15, 0.2) is 0 Å². The Labute approximate surface area is 167 Å². The molecule has 0 aliphatic carbocycles. The molecule has 2 saturated heterocycles. The number of fused-ring (bicyclic) bond motifs is 1. The molecule has 0 aromatic carbocycles. The number of esters is 1. The summed E-state index contributed by atoms with van der Waals surface area (Å²) in [7, 11) is 0. The largest absolute Gasteiger partial charge is 0.457 e. The van der Waals surface area contributed by atoms with Gasteiger partial charge in [0.1, 0.15) is 5.60 Å². The summed E-state index contributed by atoms with van der Waals surface area (Å²) in [5, 5.41) is 0.